The monoisotopic (exact) mass is 243 g/mol. The lowest BCUT2D eigenvalue weighted by Gasteiger charge is -2.25. The van der Waals surface area contributed by atoms with Crippen LogP contribution < -0.4 is 5.32 Å². The summed E-state index contributed by atoms with van der Waals surface area (Å²) in [7, 11) is 0. The number of ether oxygens (including phenoxy) is 1. The highest BCUT2D eigenvalue weighted by Gasteiger charge is 2.18. The van der Waals surface area contributed by atoms with Gasteiger partial charge in [0.25, 0.3) is 0 Å². The van der Waals surface area contributed by atoms with Crippen molar-refractivity contribution in [2.75, 3.05) is 26.3 Å². The van der Waals surface area contributed by atoms with Crippen LogP contribution in [0.4, 0.5) is 0 Å². The number of aliphatic hydroxyl groups is 1. The quantitative estimate of drug-likeness (QED) is 0.642. The third kappa shape index (κ3) is 7.74. The van der Waals surface area contributed by atoms with Crippen molar-refractivity contribution in [2.45, 2.75) is 52.1 Å². The molecule has 3 heteroatoms. The number of aliphatic hydroxyl groups excluding tert-OH is 1. The predicted molar refractivity (Wildman–Crippen MR) is 71.1 cm³/mol. The molecular formula is C14H29NO2. The van der Waals surface area contributed by atoms with Crippen molar-refractivity contribution in [1.29, 1.82) is 0 Å². The predicted octanol–water partition coefficient (Wildman–Crippen LogP) is 2.19. The molecule has 2 N–H and O–H groups in total. The first kappa shape index (κ1) is 14.9. The molecule has 1 rings (SSSR count). The molecule has 0 aliphatic heterocycles. The van der Waals surface area contributed by atoms with Crippen LogP contribution in [0.25, 0.3) is 0 Å². The summed E-state index contributed by atoms with van der Waals surface area (Å²) >= 11 is 0. The summed E-state index contributed by atoms with van der Waals surface area (Å²) in [6.45, 7) is 8.19. The van der Waals surface area contributed by atoms with E-state index in [-0.39, 0.29) is 6.10 Å². The van der Waals surface area contributed by atoms with E-state index in [0.717, 1.165) is 57.4 Å². The molecule has 0 unspecified atom stereocenters. The van der Waals surface area contributed by atoms with Gasteiger partial charge in [0.05, 0.1) is 12.7 Å². The van der Waals surface area contributed by atoms with Gasteiger partial charge in [-0.25, -0.2) is 0 Å². The van der Waals surface area contributed by atoms with Gasteiger partial charge in [-0.3, -0.25) is 0 Å². The van der Waals surface area contributed by atoms with Crippen molar-refractivity contribution in [3.8, 4) is 0 Å². The first-order valence-corrected chi connectivity index (χ1v) is 7.15. The molecule has 1 saturated carbocycles. The Morgan fingerprint density at radius 2 is 1.88 bits per heavy atom. The lowest BCUT2D eigenvalue weighted by Crippen LogP contribution is -2.30. The summed E-state index contributed by atoms with van der Waals surface area (Å²) in [5.74, 6) is 1.49. The molecule has 0 bridgehead atoms. The lowest BCUT2D eigenvalue weighted by atomic mass is 9.87. The summed E-state index contributed by atoms with van der Waals surface area (Å²) in [6.07, 6.45) is 5.42. The molecule has 1 aliphatic carbocycles. The fraction of sp³-hybridized carbons (Fsp3) is 1.00. The SMILES string of the molecule is CC(C)CCOCCNCC1CCC(O)CC1. The molecule has 0 radical (unpaired) electrons. The van der Waals surface area contributed by atoms with Gasteiger partial charge in [0.1, 0.15) is 0 Å². The summed E-state index contributed by atoms with van der Waals surface area (Å²) in [5.41, 5.74) is 0. The van der Waals surface area contributed by atoms with Crippen LogP contribution in [-0.4, -0.2) is 37.5 Å². The van der Waals surface area contributed by atoms with Crippen LogP contribution in [0.15, 0.2) is 0 Å². The Morgan fingerprint density at radius 1 is 1.18 bits per heavy atom. The van der Waals surface area contributed by atoms with Gasteiger partial charge in [-0.05, 0) is 50.5 Å². The van der Waals surface area contributed by atoms with Crippen molar-refractivity contribution in [3.63, 3.8) is 0 Å². The third-order valence-electron chi connectivity index (χ3n) is 3.51. The molecule has 0 saturated heterocycles. The van der Waals surface area contributed by atoms with Gasteiger partial charge < -0.3 is 15.2 Å². The van der Waals surface area contributed by atoms with Crippen molar-refractivity contribution < 1.29 is 9.84 Å². The molecule has 0 amide bonds. The molecule has 3 nitrogen and oxygen atoms in total. The van der Waals surface area contributed by atoms with Crippen molar-refractivity contribution >= 4 is 0 Å². The van der Waals surface area contributed by atoms with E-state index in [1.165, 1.54) is 12.8 Å². The number of hydrogen-bond donors (Lipinski definition) is 2. The molecule has 102 valence electrons. The van der Waals surface area contributed by atoms with Gasteiger partial charge in [-0.1, -0.05) is 13.8 Å². The third-order valence-corrected chi connectivity index (χ3v) is 3.51. The Kier molecular flexibility index (Phi) is 7.82. The second kappa shape index (κ2) is 8.90. The number of rotatable bonds is 8. The van der Waals surface area contributed by atoms with Crippen LogP contribution in [0.3, 0.4) is 0 Å². The number of hydrogen-bond acceptors (Lipinski definition) is 3. The Labute approximate surface area is 106 Å². The zero-order valence-corrected chi connectivity index (χ0v) is 11.5. The van der Waals surface area contributed by atoms with Gasteiger partial charge >= 0.3 is 0 Å². The average molecular weight is 243 g/mol. The largest absolute Gasteiger partial charge is 0.393 e. The Bertz CT molecular complexity index is 177. The van der Waals surface area contributed by atoms with Gasteiger partial charge in [-0.2, -0.15) is 0 Å². The minimum atomic E-state index is -0.0365. The minimum Gasteiger partial charge on any atom is -0.393 e. The molecule has 0 spiro atoms. The highest BCUT2D eigenvalue weighted by atomic mass is 16.5. The Balaban J connectivity index is 1.84. The van der Waals surface area contributed by atoms with Crippen LogP contribution in [-0.2, 0) is 4.74 Å². The van der Waals surface area contributed by atoms with Gasteiger partial charge in [0, 0.05) is 13.2 Å². The molecular weight excluding hydrogens is 214 g/mol. The van der Waals surface area contributed by atoms with E-state index in [2.05, 4.69) is 19.2 Å². The van der Waals surface area contributed by atoms with Crippen molar-refractivity contribution in [2.24, 2.45) is 11.8 Å². The topological polar surface area (TPSA) is 41.5 Å². The zero-order valence-electron chi connectivity index (χ0n) is 11.5. The molecule has 0 atom stereocenters. The summed E-state index contributed by atoms with van der Waals surface area (Å²) in [4.78, 5) is 0. The van der Waals surface area contributed by atoms with E-state index in [0.29, 0.717) is 0 Å². The molecule has 17 heavy (non-hydrogen) atoms. The normalized spacial score (nSPS) is 25.4. The van der Waals surface area contributed by atoms with Gasteiger partial charge in [0.15, 0.2) is 0 Å². The minimum absolute atomic E-state index is 0.0365. The van der Waals surface area contributed by atoms with E-state index in [1.807, 2.05) is 0 Å². The van der Waals surface area contributed by atoms with E-state index >= 15 is 0 Å². The van der Waals surface area contributed by atoms with Crippen LogP contribution in [0.2, 0.25) is 0 Å². The fourth-order valence-electron chi connectivity index (χ4n) is 2.22. The van der Waals surface area contributed by atoms with Gasteiger partial charge in [0.2, 0.25) is 0 Å². The maximum absolute atomic E-state index is 9.40. The second-order valence-corrected chi connectivity index (χ2v) is 5.67. The first-order chi connectivity index (χ1) is 8.18. The highest BCUT2D eigenvalue weighted by molar-refractivity contribution is 4.72. The highest BCUT2D eigenvalue weighted by Crippen LogP contribution is 2.23. The zero-order chi connectivity index (χ0) is 12.5. The van der Waals surface area contributed by atoms with E-state index in [4.69, 9.17) is 4.74 Å². The Hall–Kier alpha value is -0.120. The molecule has 0 aromatic rings. The number of nitrogens with one attached hydrogen (secondary N) is 1. The second-order valence-electron chi connectivity index (χ2n) is 5.67. The first-order valence-electron chi connectivity index (χ1n) is 7.15. The van der Waals surface area contributed by atoms with Crippen LogP contribution >= 0.6 is 0 Å². The van der Waals surface area contributed by atoms with Crippen molar-refractivity contribution in [3.05, 3.63) is 0 Å². The summed E-state index contributed by atoms with van der Waals surface area (Å²) < 4.78 is 5.55. The van der Waals surface area contributed by atoms with Gasteiger partial charge in [-0.15, -0.1) is 0 Å². The Morgan fingerprint density at radius 3 is 2.53 bits per heavy atom. The molecule has 0 aromatic heterocycles. The summed E-state index contributed by atoms with van der Waals surface area (Å²) in [6, 6.07) is 0. The van der Waals surface area contributed by atoms with E-state index < -0.39 is 0 Å². The summed E-state index contributed by atoms with van der Waals surface area (Å²) in [5, 5.41) is 12.9. The van der Waals surface area contributed by atoms with Crippen LogP contribution in [0, 0.1) is 11.8 Å². The average Bonchev–Trinajstić information content (AvgIpc) is 2.30. The molecule has 0 aromatic carbocycles. The van der Waals surface area contributed by atoms with E-state index in [1.54, 1.807) is 0 Å². The van der Waals surface area contributed by atoms with Crippen LogP contribution in [0.5, 0.6) is 0 Å². The standard InChI is InChI=1S/C14H29NO2/c1-12(2)7-9-17-10-8-15-11-13-3-5-14(16)6-4-13/h12-16H,3-11H2,1-2H3. The fourth-order valence-corrected chi connectivity index (χ4v) is 2.22. The maximum atomic E-state index is 9.40. The van der Waals surface area contributed by atoms with Crippen molar-refractivity contribution in [1.82, 2.24) is 5.32 Å². The maximum Gasteiger partial charge on any atom is 0.0590 e. The molecule has 1 aliphatic rings. The lowest BCUT2D eigenvalue weighted by molar-refractivity contribution is 0.104. The molecule has 0 heterocycles. The van der Waals surface area contributed by atoms with Crippen LogP contribution in [0.1, 0.15) is 46.0 Å². The smallest absolute Gasteiger partial charge is 0.0590 e. The van der Waals surface area contributed by atoms with E-state index in [9.17, 15) is 5.11 Å². The molecule has 1 fully saturated rings.